The molecule has 0 radical (unpaired) electrons. The predicted octanol–water partition coefficient (Wildman–Crippen LogP) is 3.43. The zero-order chi connectivity index (χ0) is 4.41. The third-order valence-corrected chi connectivity index (χ3v) is 0.867. The van der Waals surface area contributed by atoms with E-state index in [0.717, 1.165) is 6.42 Å². The van der Waals surface area contributed by atoms with E-state index in [-0.39, 0.29) is 72.7 Å². The molecule has 0 nitrogen and oxygen atoms in total. The van der Waals surface area contributed by atoms with Crippen LogP contribution in [-0.2, 0) is 21.7 Å². The van der Waals surface area contributed by atoms with Crippen molar-refractivity contribution in [3.63, 3.8) is 0 Å². The van der Waals surface area contributed by atoms with Gasteiger partial charge >= 0.3 is 0 Å². The first-order valence-electron chi connectivity index (χ1n) is 2.13. The fraction of sp³-hybridized carbons (Fsp3) is 0.333. The number of halogens is 3. The van der Waals surface area contributed by atoms with Crippen LogP contribution in [0.15, 0.2) is 17.7 Å². The minimum Gasteiger partial charge on any atom is -0.270 e. The molecule has 60 valence electrons. The van der Waals surface area contributed by atoms with Gasteiger partial charge in [0.15, 0.2) is 0 Å². The monoisotopic (exact) mass is 367 g/mol. The van der Waals surface area contributed by atoms with Crippen LogP contribution in [0, 0.1) is 6.08 Å². The van der Waals surface area contributed by atoms with Gasteiger partial charge in [-0.25, -0.2) is 11.6 Å². The maximum absolute atomic E-state index is 3.12. The van der Waals surface area contributed by atoms with Gasteiger partial charge in [-0.3, -0.25) is 6.08 Å². The van der Waals surface area contributed by atoms with Crippen molar-refractivity contribution in [1.29, 1.82) is 0 Å². The first kappa shape index (κ1) is 22.6. The quantitative estimate of drug-likeness (QED) is 0.453. The number of rotatable bonds is 0. The fourth-order valence-electron chi connectivity index (χ4n) is 0.515. The van der Waals surface area contributed by atoms with Crippen LogP contribution in [0.2, 0.25) is 0 Å². The molecule has 10 heavy (non-hydrogen) atoms. The Morgan fingerprint density at radius 2 is 1.80 bits per heavy atom. The van der Waals surface area contributed by atoms with Crippen molar-refractivity contribution in [2.24, 2.45) is 0 Å². The molecular weight excluding hydrogens is 360 g/mol. The summed E-state index contributed by atoms with van der Waals surface area (Å²) >= 11 is 0. The molecule has 1 aliphatic rings. The third kappa shape index (κ3) is 9.63. The Hall–Kier alpha value is 1.63. The van der Waals surface area contributed by atoms with Crippen LogP contribution in [0.3, 0.4) is 0 Å². The molecule has 1 rings (SSSR count). The summed E-state index contributed by atoms with van der Waals surface area (Å²) in [5.41, 5.74) is 1.27. The molecule has 0 amide bonds. The Kier molecular flexibility index (Phi) is 29.9. The van der Waals surface area contributed by atoms with E-state index in [4.69, 9.17) is 0 Å². The van der Waals surface area contributed by atoms with Crippen LogP contribution in [0.25, 0.3) is 0 Å². The summed E-state index contributed by atoms with van der Waals surface area (Å²) in [6.45, 7) is 2.06. The van der Waals surface area contributed by atoms with Gasteiger partial charge in [0.1, 0.15) is 0 Å². The first-order chi connectivity index (χ1) is 2.89. The van der Waals surface area contributed by atoms with Gasteiger partial charge in [-0.2, -0.15) is 6.08 Å². The Labute approximate surface area is 109 Å². The van der Waals surface area contributed by atoms with Crippen LogP contribution in [0.5, 0.6) is 0 Å². The predicted molar refractivity (Wildman–Crippen MR) is 57.2 cm³/mol. The van der Waals surface area contributed by atoms with Gasteiger partial charge in [-0.05, 0) is 0 Å². The first-order valence-corrected chi connectivity index (χ1v) is 2.13. The molecule has 1 aliphatic carbocycles. The molecule has 0 spiro atoms. The van der Waals surface area contributed by atoms with E-state index in [1.165, 1.54) is 5.57 Å². The van der Waals surface area contributed by atoms with Crippen molar-refractivity contribution in [3.05, 3.63) is 23.8 Å². The summed E-state index contributed by atoms with van der Waals surface area (Å²) in [4.78, 5) is 0. The minimum absolute atomic E-state index is 0. The Balaban J connectivity index is -0.0000000450. The third-order valence-electron chi connectivity index (χ3n) is 0.867. The molecule has 0 saturated heterocycles. The molecule has 0 bridgehead atoms. The average molecular weight is 370 g/mol. The summed E-state index contributed by atoms with van der Waals surface area (Å²) in [7, 11) is 0. The van der Waals surface area contributed by atoms with E-state index in [9.17, 15) is 0 Å². The summed E-state index contributed by atoms with van der Waals surface area (Å²) in [5, 5.41) is 0. The molecule has 0 aliphatic heterocycles. The topological polar surface area (TPSA) is 0 Å². The standard InChI is InChI=1S/C6H7.3BrH.Ti/c1-6-4-2-3-5-6;;;;/h2,4H,3H2,1H3;3*1H;/q-1;;;;. The molecular formula is C6H10Br3Ti-. The Bertz CT molecular complexity index is 107. The smallest absolute Gasteiger partial charge is 0 e. The maximum atomic E-state index is 3.12. The van der Waals surface area contributed by atoms with E-state index in [1.54, 1.807) is 0 Å². The van der Waals surface area contributed by atoms with E-state index in [2.05, 4.69) is 25.2 Å². The molecule has 0 aromatic carbocycles. The molecule has 0 N–H and O–H groups in total. The molecule has 0 unspecified atom stereocenters. The second kappa shape index (κ2) is 13.2. The van der Waals surface area contributed by atoms with E-state index in [0.29, 0.717) is 0 Å². The number of hydrogen-bond acceptors (Lipinski definition) is 0. The normalized spacial score (nSPS) is 11.1. The summed E-state index contributed by atoms with van der Waals surface area (Å²) in [6.07, 6.45) is 8.33. The average Bonchev–Trinajstić information content (AvgIpc) is 1.86. The van der Waals surface area contributed by atoms with E-state index in [1.807, 2.05) is 0 Å². The molecule has 0 aromatic rings. The van der Waals surface area contributed by atoms with E-state index >= 15 is 0 Å². The van der Waals surface area contributed by atoms with Crippen LogP contribution in [0.4, 0.5) is 0 Å². The van der Waals surface area contributed by atoms with Gasteiger partial charge in [-0.1, -0.05) is 6.92 Å². The summed E-state index contributed by atoms with van der Waals surface area (Å²) in [6, 6.07) is 0. The SMILES string of the molecule is Br.Br.Br.CC1=[C-]CC=C1.[Ti]. The second-order valence-corrected chi connectivity index (χ2v) is 1.47. The molecule has 0 fully saturated rings. The van der Waals surface area contributed by atoms with Crippen LogP contribution >= 0.6 is 50.9 Å². The van der Waals surface area contributed by atoms with Gasteiger partial charge in [-0.15, -0.1) is 57.4 Å². The van der Waals surface area contributed by atoms with E-state index < -0.39 is 0 Å². The van der Waals surface area contributed by atoms with Crippen LogP contribution in [0.1, 0.15) is 13.3 Å². The summed E-state index contributed by atoms with van der Waals surface area (Å²) < 4.78 is 0. The number of allylic oxidation sites excluding steroid dienone is 4. The van der Waals surface area contributed by atoms with Crippen molar-refractivity contribution in [2.75, 3.05) is 0 Å². The van der Waals surface area contributed by atoms with Crippen LogP contribution in [-0.4, -0.2) is 0 Å². The van der Waals surface area contributed by atoms with Crippen LogP contribution < -0.4 is 0 Å². The zero-order valence-electron chi connectivity index (χ0n) is 5.59. The second-order valence-electron chi connectivity index (χ2n) is 1.47. The molecule has 0 heterocycles. The van der Waals surface area contributed by atoms with Gasteiger partial charge in [0.25, 0.3) is 0 Å². The van der Waals surface area contributed by atoms with Gasteiger partial charge < -0.3 is 0 Å². The largest absolute Gasteiger partial charge is 0.270 e. The van der Waals surface area contributed by atoms with Crippen molar-refractivity contribution < 1.29 is 21.7 Å². The Morgan fingerprint density at radius 1 is 1.30 bits per heavy atom. The van der Waals surface area contributed by atoms with Gasteiger partial charge in [0.2, 0.25) is 0 Å². The summed E-state index contributed by atoms with van der Waals surface area (Å²) in [5.74, 6) is 0. The maximum Gasteiger partial charge on any atom is 0 e. The molecule has 0 aromatic heterocycles. The van der Waals surface area contributed by atoms with Gasteiger partial charge in [0.05, 0.1) is 0 Å². The Morgan fingerprint density at radius 3 is 1.90 bits per heavy atom. The fourth-order valence-corrected chi connectivity index (χ4v) is 0.515. The minimum atomic E-state index is 0. The van der Waals surface area contributed by atoms with Crippen molar-refractivity contribution in [2.45, 2.75) is 13.3 Å². The van der Waals surface area contributed by atoms with Crippen molar-refractivity contribution >= 4 is 50.9 Å². The molecule has 4 heteroatoms. The molecule has 0 atom stereocenters. The zero-order valence-corrected chi connectivity index (χ0v) is 12.3. The molecule has 0 saturated carbocycles. The van der Waals surface area contributed by atoms with Crippen molar-refractivity contribution in [3.8, 4) is 0 Å². The van der Waals surface area contributed by atoms with Gasteiger partial charge in [0, 0.05) is 21.7 Å². The number of hydrogen-bond donors (Lipinski definition) is 0. The van der Waals surface area contributed by atoms with Crippen molar-refractivity contribution in [1.82, 2.24) is 0 Å².